The number of aryl methyl sites for hydroxylation is 2. The Labute approximate surface area is 88.6 Å². The molecular weight excluding hydrogens is 196 g/mol. The predicted molar refractivity (Wildman–Crippen MR) is 58.8 cm³/mol. The van der Waals surface area contributed by atoms with Crippen molar-refractivity contribution in [2.24, 2.45) is 5.92 Å². The lowest BCUT2D eigenvalue weighted by Gasteiger charge is -2.05. The van der Waals surface area contributed by atoms with Crippen molar-refractivity contribution in [3.8, 4) is 0 Å². The van der Waals surface area contributed by atoms with Gasteiger partial charge in [-0.15, -0.1) is 11.3 Å². The minimum absolute atomic E-state index is 0.00167. The Kier molecular flexibility index (Phi) is 3.63. The molecule has 0 spiro atoms. The van der Waals surface area contributed by atoms with Crippen molar-refractivity contribution in [3.05, 3.63) is 15.6 Å². The van der Waals surface area contributed by atoms with Crippen molar-refractivity contribution in [3.63, 3.8) is 0 Å². The van der Waals surface area contributed by atoms with Crippen molar-refractivity contribution in [2.45, 2.75) is 27.7 Å². The normalized spacial score (nSPS) is 10.6. The smallest absolute Gasteiger partial charge is 0.263 e. The molecule has 4 heteroatoms. The van der Waals surface area contributed by atoms with Gasteiger partial charge in [0.1, 0.15) is 4.88 Å². The van der Waals surface area contributed by atoms with Crippen LogP contribution < -0.4 is 5.32 Å². The Morgan fingerprint density at radius 3 is 2.57 bits per heavy atom. The molecule has 0 fully saturated rings. The number of carbonyl (C=O) groups is 1. The third kappa shape index (κ3) is 2.80. The van der Waals surface area contributed by atoms with E-state index in [0.717, 1.165) is 22.1 Å². The molecule has 0 bridgehead atoms. The first-order chi connectivity index (χ1) is 6.50. The van der Waals surface area contributed by atoms with E-state index in [1.54, 1.807) is 0 Å². The third-order valence-corrected chi connectivity index (χ3v) is 2.85. The second-order valence-corrected chi connectivity index (χ2v) is 4.95. The largest absolute Gasteiger partial charge is 0.351 e. The molecule has 0 aliphatic carbocycles. The molecule has 1 heterocycles. The molecule has 0 unspecified atom stereocenters. The highest BCUT2D eigenvalue weighted by molar-refractivity contribution is 7.13. The van der Waals surface area contributed by atoms with Gasteiger partial charge in [0.2, 0.25) is 0 Å². The van der Waals surface area contributed by atoms with Crippen LogP contribution in [0.2, 0.25) is 0 Å². The van der Waals surface area contributed by atoms with Crippen LogP contribution in [0.1, 0.15) is 34.2 Å². The molecule has 14 heavy (non-hydrogen) atoms. The maximum atomic E-state index is 11.6. The second kappa shape index (κ2) is 4.55. The molecule has 1 N–H and O–H groups in total. The maximum absolute atomic E-state index is 11.6. The third-order valence-electron chi connectivity index (χ3n) is 1.78. The van der Waals surface area contributed by atoms with Crippen molar-refractivity contribution in [2.75, 3.05) is 6.54 Å². The van der Waals surface area contributed by atoms with Crippen LogP contribution >= 0.6 is 11.3 Å². The summed E-state index contributed by atoms with van der Waals surface area (Å²) in [5, 5.41) is 3.83. The van der Waals surface area contributed by atoms with E-state index in [4.69, 9.17) is 0 Å². The van der Waals surface area contributed by atoms with Gasteiger partial charge < -0.3 is 5.32 Å². The van der Waals surface area contributed by atoms with Crippen LogP contribution in [0.3, 0.4) is 0 Å². The number of rotatable bonds is 3. The van der Waals surface area contributed by atoms with E-state index in [-0.39, 0.29) is 5.91 Å². The van der Waals surface area contributed by atoms with Crippen molar-refractivity contribution in [1.29, 1.82) is 0 Å². The number of hydrogen-bond donors (Lipinski definition) is 1. The van der Waals surface area contributed by atoms with Crippen LogP contribution in [-0.2, 0) is 0 Å². The Morgan fingerprint density at radius 2 is 2.14 bits per heavy atom. The zero-order valence-corrected chi connectivity index (χ0v) is 9.86. The maximum Gasteiger partial charge on any atom is 0.263 e. The van der Waals surface area contributed by atoms with E-state index in [2.05, 4.69) is 24.1 Å². The van der Waals surface area contributed by atoms with Gasteiger partial charge >= 0.3 is 0 Å². The van der Waals surface area contributed by atoms with Crippen molar-refractivity contribution in [1.82, 2.24) is 10.3 Å². The summed E-state index contributed by atoms with van der Waals surface area (Å²) < 4.78 is 0. The van der Waals surface area contributed by atoms with E-state index in [0.29, 0.717) is 5.92 Å². The number of nitrogens with one attached hydrogen (secondary N) is 1. The zero-order chi connectivity index (χ0) is 10.7. The molecule has 0 saturated heterocycles. The van der Waals surface area contributed by atoms with E-state index in [1.807, 2.05) is 13.8 Å². The Morgan fingerprint density at radius 1 is 1.50 bits per heavy atom. The number of carbonyl (C=O) groups excluding carboxylic acids is 1. The van der Waals surface area contributed by atoms with Crippen LogP contribution in [0.25, 0.3) is 0 Å². The second-order valence-electron chi connectivity index (χ2n) is 3.75. The molecule has 78 valence electrons. The molecule has 0 radical (unpaired) electrons. The molecule has 0 saturated carbocycles. The Bertz CT molecular complexity index is 331. The van der Waals surface area contributed by atoms with E-state index >= 15 is 0 Å². The summed E-state index contributed by atoms with van der Waals surface area (Å²) >= 11 is 1.45. The van der Waals surface area contributed by atoms with Gasteiger partial charge in [-0.25, -0.2) is 4.98 Å². The van der Waals surface area contributed by atoms with Gasteiger partial charge in [-0.1, -0.05) is 13.8 Å². The highest BCUT2D eigenvalue weighted by Crippen LogP contribution is 2.16. The SMILES string of the molecule is Cc1nc(C)c(C(=O)NCC(C)C)s1. The molecule has 1 aromatic heterocycles. The minimum Gasteiger partial charge on any atom is -0.351 e. The van der Waals surface area contributed by atoms with Gasteiger partial charge in [-0.2, -0.15) is 0 Å². The lowest BCUT2D eigenvalue weighted by atomic mass is 10.2. The molecule has 1 amide bonds. The Hall–Kier alpha value is -0.900. The summed E-state index contributed by atoms with van der Waals surface area (Å²) in [4.78, 5) is 16.6. The van der Waals surface area contributed by atoms with Gasteiger partial charge in [-0.05, 0) is 19.8 Å². The molecule has 0 aliphatic heterocycles. The number of amides is 1. The molecule has 3 nitrogen and oxygen atoms in total. The molecular formula is C10H16N2OS. The fourth-order valence-electron chi connectivity index (χ4n) is 1.12. The van der Waals surface area contributed by atoms with Gasteiger partial charge in [0, 0.05) is 6.54 Å². The van der Waals surface area contributed by atoms with E-state index in [9.17, 15) is 4.79 Å². The van der Waals surface area contributed by atoms with Gasteiger partial charge in [0.25, 0.3) is 5.91 Å². The van der Waals surface area contributed by atoms with Crippen molar-refractivity contribution < 1.29 is 4.79 Å². The van der Waals surface area contributed by atoms with Crippen molar-refractivity contribution >= 4 is 17.2 Å². The molecule has 0 aromatic carbocycles. The number of hydrogen-bond acceptors (Lipinski definition) is 3. The van der Waals surface area contributed by atoms with Gasteiger partial charge in [0.05, 0.1) is 10.7 Å². The monoisotopic (exact) mass is 212 g/mol. The molecule has 1 rings (SSSR count). The fraction of sp³-hybridized carbons (Fsp3) is 0.600. The first-order valence-electron chi connectivity index (χ1n) is 4.73. The summed E-state index contributed by atoms with van der Waals surface area (Å²) in [6.45, 7) is 8.65. The number of thiazole rings is 1. The molecule has 0 atom stereocenters. The minimum atomic E-state index is 0.00167. The van der Waals surface area contributed by atoms with E-state index in [1.165, 1.54) is 11.3 Å². The fourth-order valence-corrected chi connectivity index (χ4v) is 1.96. The van der Waals surface area contributed by atoms with Crippen LogP contribution in [0, 0.1) is 19.8 Å². The van der Waals surface area contributed by atoms with E-state index < -0.39 is 0 Å². The van der Waals surface area contributed by atoms with Gasteiger partial charge in [-0.3, -0.25) is 4.79 Å². The quantitative estimate of drug-likeness (QED) is 0.834. The highest BCUT2D eigenvalue weighted by atomic mass is 32.1. The predicted octanol–water partition coefficient (Wildman–Crippen LogP) is 2.15. The summed E-state index contributed by atoms with van der Waals surface area (Å²) in [5.74, 6) is 0.482. The standard InChI is InChI=1S/C10H16N2OS/c1-6(2)5-11-10(13)9-7(3)12-8(4)14-9/h6H,5H2,1-4H3,(H,11,13). The topological polar surface area (TPSA) is 42.0 Å². The summed E-state index contributed by atoms with van der Waals surface area (Å²) in [6, 6.07) is 0. The first kappa shape index (κ1) is 11.2. The van der Waals surface area contributed by atoms with Crippen LogP contribution in [0.5, 0.6) is 0 Å². The van der Waals surface area contributed by atoms with Crippen LogP contribution in [-0.4, -0.2) is 17.4 Å². The van der Waals surface area contributed by atoms with Crippen LogP contribution in [0.4, 0.5) is 0 Å². The summed E-state index contributed by atoms with van der Waals surface area (Å²) in [6.07, 6.45) is 0. The highest BCUT2D eigenvalue weighted by Gasteiger charge is 2.13. The molecule has 1 aromatic rings. The molecule has 0 aliphatic rings. The summed E-state index contributed by atoms with van der Waals surface area (Å²) in [7, 11) is 0. The number of aromatic nitrogens is 1. The zero-order valence-electron chi connectivity index (χ0n) is 9.05. The number of nitrogens with zero attached hydrogens (tertiary/aromatic N) is 1. The van der Waals surface area contributed by atoms with Gasteiger partial charge in [0.15, 0.2) is 0 Å². The average molecular weight is 212 g/mol. The summed E-state index contributed by atoms with van der Waals surface area (Å²) in [5.41, 5.74) is 0.828. The van der Waals surface area contributed by atoms with Crippen LogP contribution in [0.15, 0.2) is 0 Å². The Balaban J connectivity index is 2.65. The lowest BCUT2D eigenvalue weighted by Crippen LogP contribution is -2.27. The average Bonchev–Trinajstić information content (AvgIpc) is 2.41. The lowest BCUT2D eigenvalue weighted by molar-refractivity contribution is 0.0952. The first-order valence-corrected chi connectivity index (χ1v) is 5.54.